The van der Waals surface area contributed by atoms with Crippen LogP contribution >= 0.6 is 11.6 Å². The summed E-state index contributed by atoms with van der Waals surface area (Å²) in [5, 5.41) is 10.5. The first-order valence-corrected chi connectivity index (χ1v) is 8.19. The molecule has 1 heterocycles. The molecule has 3 rings (SSSR count). The summed E-state index contributed by atoms with van der Waals surface area (Å²) < 4.78 is 0. The van der Waals surface area contributed by atoms with E-state index in [9.17, 15) is 14.7 Å². The highest BCUT2D eigenvalue weighted by Crippen LogP contribution is 2.43. The minimum Gasteiger partial charge on any atom is -0.481 e. The second kappa shape index (κ2) is 6.29. The molecule has 0 fully saturated rings. The van der Waals surface area contributed by atoms with Crippen molar-refractivity contribution in [1.82, 2.24) is 4.90 Å². The summed E-state index contributed by atoms with van der Waals surface area (Å²) in [5.74, 6) is -1.90. The molecule has 1 aliphatic rings. The molecule has 2 unspecified atom stereocenters. The highest BCUT2D eigenvalue weighted by atomic mass is 35.5. The van der Waals surface area contributed by atoms with E-state index in [0.717, 1.165) is 5.56 Å². The molecule has 2 aromatic rings. The van der Waals surface area contributed by atoms with E-state index in [1.807, 2.05) is 13.8 Å². The summed E-state index contributed by atoms with van der Waals surface area (Å²) in [6.45, 7) is 3.79. The number of carbonyl (C=O) groups excluding carboxylic acids is 1. The lowest BCUT2D eigenvalue weighted by Crippen LogP contribution is -2.48. The molecule has 4 nitrogen and oxygen atoms in total. The Hall–Kier alpha value is -2.33. The molecule has 124 valence electrons. The maximum Gasteiger partial charge on any atom is 0.313 e. The van der Waals surface area contributed by atoms with Gasteiger partial charge in [-0.05, 0) is 43.2 Å². The van der Waals surface area contributed by atoms with Crippen LogP contribution in [0.4, 0.5) is 0 Å². The topological polar surface area (TPSA) is 57.6 Å². The number of carbonyl (C=O) groups is 2. The predicted molar refractivity (Wildman–Crippen MR) is 92.3 cm³/mol. The van der Waals surface area contributed by atoms with Crippen LogP contribution in [-0.4, -0.2) is 27.9 Å². The lowest BCUT2D eigenvalue weighted by Gasteiger charge is -2.43. The molecule has 1 aliphatic heterocycles. The molecular formula is C19H18ClNO3. The van der Waals surface area contributed by atoms with E-state index in [2.05, 4.69) is 0 Å². The number of hydrogen-bond acceptors (Lipinski definition) is 2. The summed E-state index contributed by atoms with van der Waals surface area (Å²) in [5.41, 5.74) is 1.79. The smallest absolute Gasteiger partial charge is 0.313 e. The number of halogens is 1. The number of rotatable bonds is 3. The van der Waals surface area contributed by atoms with Crippen LogP contribution in [0.3, 0.4) is 0 Å². The van der Waals surface area contributed by atoms with Crippen LogP contribution in [0.5, 0.6) is 0 Å². The Bertz CT molecular complexity index is 785. The van der Waals surface area contributed by atoms with E-state index >= 15 is 0 Å². The molecule has 0 spiro atoms. The molecule has 1 N–H and O–H groups in total. The quantitative estimate of drug-likeness (QED) is 0.912. The van der Waals surface area contributed by atoms with Crippen LogP contribution in [0, 0.1) is 0 Å². The molecule has 2 aromatic carbocycles. The average Bonchev–Trinajstić information content (AvgIpc) is 2.54. The third-order valence-corrected chi connectivity index (χ3v) is 4.66. The minimum atomic E-state index is -0.944. The first-order chi connectivity index (χ1) is 11.4. The molecule has 0 aromatic heterocycles. The molecule has 0 saturated carbocycles. The Morgan fingerprint density at radius 1 is 1.12 bits per heavy atom. The Balaban J connectivity index is 2.24. The predicted octanol–water partition coefficient (Wildman–Crippen LogP) is 4.11. The van der Waals surface area contributed by atoms with Crippen LogP contribution in [-0.2, 0) is 4.79 Å². The number of aliphatic carboxylic acids is 1. The first kappa shape index (κ1) is 16.5. The fourth-order valence-corrected chi connectivity index (χ4v) is 3.52. The van der Waals surface area contributed by atoms with Crippen molar-refractivity contribution >= 4 is 23.5 Å². The fraction of sp³-hybridized carbons (Fsp3) is 0.263. The van der Waals surface area contributed by atoms with Gasteiger partial charge >= 0.3 is 5.97 Å². The van der Waals surface area contributed by atoms with Gasteiger partial charge in [0.2, 0.25) is 0 Å². The SMILES string of the molecule is CC(C)N1C(=O)c2ccccc2C(C(=O)O)C1c1ccc(Cl)cc1. The zero-order valence-electron chi connectivity index (χ0n) is 13.4. The fourth-order valence-electron chi connectivity index (χ4n) is 3.40. The minimum absolute atomic E-state index is 0.131. The largest absolute Gasteiger partial charge is 0.481 e. The van der Waals surface area contributed by atoms with Crippen molar-refractivity contribution in [3.05, 3.63) is 70.2 Å². The summed E-state index contributed by atoms with van der Waals surface area (Å²) >= 11 is 5.96. The molecule has 0 aliphatic carbocycles. The van der Waals surface area contributed by atoms with Crippen molar-refractivity contribution in [3.8, 4) is 0 Å². The van der Waals surface area contributed by atoms with Gasteiger partial charge in [-0.25, -0.2) is 0 Å². The van der Waals surface area contributed by atoms with Gasteiger partial charge in [-0.3, -0.25) is 9.59 Å². The summed E-state index contributed by atoms with van der Waals surface area (Å²) in [6.07, 6.45) is 0. The number of carboxylic acids is 1. The Morgan fingerprint density at radius 2 is 1.75 bits per heavy atom. The van der Waals surface area contributed by atoms with E-state index in [1.54, 1.807) is 53.4 Å². The molecular weight excluding hydrogens is 326 g/mol. The third kappa shape index (κ3) is 2.67. The van der Waals surface area contributed by atoms with Crippen LogP contribution in [0.2, 0.25) is 5.02 Å². The molecule has 1 amide bonds. The second-order valence-electron chi connectivity index (χ2n) is 6.21. The van der Waals surface area contributed by atoms with Crippen molar-refractivity contribution < 1.29 is 14.7 Å². The number of nitrogens with zero attached hydrogens (tertiary/aromatic N) is 1. The van der Waals surface area contributed by atoms with Crippen LogP contribution in [0.25, 0.3) is 0 Å². The zero-order chi connectivity index (χ0) is 17.4. The third-order valence-electron chi connectivity index (χ3n) is 4.41. The van der Waals surface area contributed by atoms with Crippen molar-refractivity contribution in [3.63, 3.8) is 0 Å². The highest BCUT2D eigenvalue weighted by Gasteiger charge is 2.45. The second-order valence-corrected chi connectivity index (χ2v) is 6.64. The van der Waals surface area contributed by atoms with Gasteiger partial charge in [0.15, 0.2) is 0 Å². The number of benzene rings is 2. The number of amides is 1. The number of carboxylic acid groups (broad SMARTS) is 1. The molecule has 0 bridgehead atoms. The number of fused-ring (bicyclic) bond motifs is 1. The van der Waals surface area contributed by atoms with Crippen LogP contribution in [0.1, 0.15) is 47.3 Å². The zero-order valence-corrected chi connectivity index (χ0v) is 14.2. The van der Waals surface area contributed by atoms with Gasteiger partial charge in [0.25, 0.3) is 5.91 Å². The molecule has 5 heteroatoms. The van der Waals surface area contributed by atoms with Gasteiger partial charge in [0.1, 0.15) is 5.92 Å². The Labute approximate surface area is 145 Å². The van der Waals surface area contributed by atoms with E-state index in [1.165, 1.54) is 0 Å². The molecule has 0 saturated heterocycles. The van der Waals surface area contributed by atoms with Gasteiger partial charge in [0, 0.05) is 16.6 Å². The maximum atomic E-state index is 13.0. The van der Waals surface area contributed by atoms with Crippen molar-refractivity contribution in [2.75, 3.05) is 0 Å². The van der Waals surface area contributed by atoms with Crippen LogP contribution in [0.15, 0.2) is 48.5 Å². The molecule has 2 atom stereocenters. The first-order valence-electron chi connectivity index (χ1n) is 7.81. The summed E-state index contributed by atoms with van der Waals surface area (Å²) in [4.78, 5) is 26.7. The van der Waals surface area contributed by atoms with E-state index in [-0.39, 0.29) is 11.9 Å². The number of hydrogen-bond donors (Lipinski definition) is 1. The molecule has 24 heavy (non-hydrogen) atoms. The van der Waals surface area contributed by atoms with E-state index in [0.29, 0.717) is 16.1 Å². The van der Waals surface area contributed by atoms with E-state index < -0.39 is 17.9 Å². The van der Waals surface area contributed by atoms with Crippen molar-refractivity contribution in [2.45, 2.75) is 31.8 Å². The standard InChI is InChI=1S/C19H18ClNO3/c1-11(2)21-17(12-7-9-13(20)10-8-12)16(19(23)24)14-5-3-4-6-15(14)18(21)22/h3-11,16-17H,1-2H3,(H,23,24). The van der Waals surface area contributed by atoms with Gasteiger partial charge < -0.3 is 10.0 Å². The molecule has 0 radical (unpaired) electrons. The van der Waals surface area contributed by atoms with Gasteiger partial charge in [-0.15, -0.1) is 0 Å². The Kier molecular flexibility index (Phi) is 4.33. The van der Waals surface area contributed by atoms with E-state index in [4.69, 9.17) is 11.6 Å². The highest BCUT2D eigenvalue weighted by molar-refractivity contribution is 6.30. The average molecular weight is 344 g/mol. The van der Waals surface area contributed by atoms with Crippen molar-refractivity contribution in [1.29, 1.82) is 0 Å². The normalized spacial score (nSPS) is 20.2. The summed E-state index contributed by atoms with van der Waals surface area (Å²) in [6, 6.07) is 13.3. The van der Waals surface area contributed by atoms with Gasteiger partial charge in [0.05, 0.1) is 6.04 Å². The lowest BCUT2D eigenvalue weighted by molar-refractivity contribution is -0.140. The van der Waals surface area contributed by atoms with Crippen molar-refractivity contribution in [2.24, 2.45) is 0 Å². The van der Waals surface area contributed by atoms with Gasteiger partial charge in [-0.2, -0.15) is 0 Å². The van der Waals surface area contributed by atoms with Gasteiger partial charge in [-0.1, -0.05) is 41.9 Å². The van der Waals surface area contributed by atoms with Crippen LogP contribution < -0.4 is 0 Å². The lowest BCUT2D eigenvalue weighted by atomic mass is 9.79. The monoisotopic (exact) mass is 343 g/mol. The maximum absolute atomic E-state index is 13.0. The Morgan fingerprint density at radius 3 is 2.33 bits per heavy atom. The summed E-state index contributed by atoms with van der Waals surface area (Å²) in [7, 11) is 0.